The molecule has 0 aromatic heterocycles. The molecule has 0 aliphatic carbocycles. The van der Waals surface area contributed by atoms with Gasteiger partial charge in [-0.2, -0.15) is 26.3 Å². The first kappa shape index (κ1) is 17.1. The highest BCUT2D eigenvalue weighted by molar-refractivity contribution is 6.31. The standard InChI is InChI=1S/C12H11ClF6O/c1-5-3-7(8(13)4-6(5)2)9(20)10(11(14,15)16)12(17,18)19/h3-4,9-10,20H,1-2H3. The Hall–Kier alpha value is -0.950. The van der Waals surface area contributed by atoms with E-state index < -0.39 is 29.9 Å². The van der Waals surface area contributed by atoms with E-state index in [9.17, 15) is 31.4 Å². The van der Waals surface area contributed by atoms with Crippen molar-refractivity contribution in [1.29, 1.82) is 0 Å². The molecule has 1 atom stereocenters. The van der Waals surface area contributed by atoms with Crippen molar-refractivity contribution >= 4 is 11.6 Å². The number of rotatable bonds is 2. The van der Waals surface area contributed by atoms with Gasteiger partial charge >= 0.3 is 12.4 Å². The Bertz CT molecular complexity index is 480. The Morgan fingerprint density at radius 3 is 1.75 bits per heavy atom. The maximum Gasteiger partial charge on any atom is 0.403 e. The number of hydrogen-bond acceptors (Lipinski definition) is 1. The van der Waals surface area contributed by atoms with E-state index in [0.29, 0.717) is 11.1 Å². The third-order valence-corrected chi connectivity index (χ3v) is 3.28. The van der Waals surface area contributed by atoms with Crippen molar-refractivity contribution in [3.8, 4) is 0 Å². The number of halogens is 7. The SMILES string of the molecule is Cc1cc(Cl)c(C(O)C(C(F)(F)F)C(F)(F)F)cc1C. The summed E-state index contributed by atoms with van der Waals surface area (Å²) < 4.78 is 75.2. The average molecular weight is 321 g/mol. The van der Waals surface area contributed by atoms with Gasteiger partial charge in [0.1, 0.15) is 6.10 Å². The third-order valence-electron chi connectivity index (χ3n) is 2.95. The normalized spacial score (nSPS) is 14.8. The molecule has 0 spiro atoms. The van der Waals surface area contributed by atoms with Crippen LogP contribution in [0.4, 0.5) is 26.3 Å². The molecule has 1 aromatic rings. The van der Waals surface area contributed by atoms with Crippen LogP contribution in [0.2, 0.25) is 5.02 Å². The van der Waals surface area contributed by atoms with Gasteiger partial charge < -0.3 is 5.11 Å². The average Bonchev–Trinajstić information content (AvgIpc) is 2.18. The fourth-order valence-electron chi connectivity index (χ4n) is 1.75. The lowest BCUT2D eigenvalue weighted by Gasteiger charge is -2.28. The minimum atomic E-state index is -5.63. The van der Waals surface area contributed by atoms with E-state index in [4.69, 9.17) is 11.6 Å². The minimum Gasteiger partial charge on any atom is -0.387 e. The summed E-state index contributed by atoms with van der Waals surface area (Å²) in [6, 6.07) is 2.26. The molecule has 0 aliphatic heterocycles. The minimum absolute atomic E-state index is 0.334. The summed E-state index contributed by atoms with van der Waals surface area (Å²) in [7, 11) is 0. The molecule has 0 amide bonds. The molecule has 1 aromatic carbocycles. The fraction of sp³-hybridized carbons (Fsp3) is 0.500. The Balaban J connectivity index is 3.34. The molecule has 20 heavy (non-hydrogen) atoms. The number of aliphatic hydroxyl groups excluding tert-OH is 1. The molecule has 0 radical (unpaired) electrons. The zero-order valence-electron chi connectivity index (χ0n) is 10.4. The van der Waals surface area contributed by atoms with E-state index in [1.807, 2.05) is 0 Å². The first-order valence-corrected chi connectivity index (χ1v) is 5.81. The molecular formula is C12H11ClF6O. The maximum atomic E-state index is 12.5. The van der Waals surface area contributed by atoms with Crippen LogP contribution in [-0.4, -0.2) is 17.5 Å². The molecule has 0 heterocycles. The summed E-state index contributed by atoms with van der Waals surface area (Å²) >= 11 is 5.65. The van der Waals surface area contributed by atoms with Gasteiger partial charge in [-0.05, 0) is 31.0 Å². The van der Waals surface area contributed by atoms with Crippen molar-refractivity contribution in [3.63, 3.8) is 0 Å². The van der Waals surface area contributed by atoms with Gasteiger partial charge in [-0.15, -0.1) is 0 Å². The topological polar surface area (TPSA) is 20.2 Å². The molecule has 1 nitrogen and oxygen atoms in total. The van der Waals surface area contributed by atoms with Gasteiger partial charge in [-0.1, -0.05) is 17.7 Å². The summed E-state index contributed by atoms with van der Waals surface area (Å²) in [4.78, 5) is 0. The van der Waals surface area contributed by atoms with Crippen LogP contribution in [0.5, 0.6) is 0 Å². The van der Waals surface area contributed by atoms with Gasteiger partial charge in [0.25, 0.3) is 0 Å². The molecule has 1 N–H and O–H groups in total. The van der Waals surface area contributed by atoms with Crippen LogP contribution in [0.3, 0.4) is 0 Å². The summed E-state index contributed by atoms with van der Waals surface area (Å²) in [5.41, 5.74) is 0.447. The van der Waals surface area contributed by atoms with Crippen molar-refractivity contribution in [2.45, 2.75) is 32.3 Å². The molecular weight excluding hydrogens is 310 g/mol. The molecule has 0 saturated carbocycles. The van der Waals surface area contributed by atoms with Crippen LogP contribution in [0, 0.1) is 19.8 Å². The van der Waals surface area contributed by atoms with E-state index in [2.05, 4.69) is 0 Å². The second-order valence-corrected chi connectivity index (χ2v) is 4.87. The lowest BCUT2D eigenvalue weighted by Crippen LogP contribution is -2.41. The molecule has 1 rings (SSSR count). The summed E-state index contributed by atoms with van der Waals surface area (Å²) in [5.74, 6) is -3.88. The van der Waals surface area contributed by atoms with Crippen LogP contribution in [0.25, 0.3) is 0 Å². The highest BCUT2D eigenvalue weighted by Gasteiger charge is 2.60. The smallest absolute Gasteiger partial charge is 0.387 e. The number of alkyl halides is 6. The summed E-state index contributed by atoms with van der Waals surface area (Å²) in [6.45, 7) is 3.10. The van der Waals surface area contributed by atoms with Crippen molar-refractivity contribution in [2.75, 3.05) is 0 Å². The maximum absolute atomic E-state index is 12.5. The predicted octanol–water partition coefficient (Wildman–Crippen LogP) is 4.73. The highest BCUT2D eigenvalue weighted by Crippen LogP contribution is 2.47. The Labute approximate surface area is 116 Å². The van der Waals surface area contributed by atoms with E-state index in [1.165, 1.54) is 13.0 Å². The van der Waals surface area contributed by atoms with Crippen LogP contribution < -0.4 is 0 Å². The Kier molecular flexibility index (Phi) is 4.65. The summed E-state index contributed by atoms with van der Waals surface area (Å²) in [5, 5.41) is 9.19. The molecule has 0 fully saturated rings. The number of benzene rings is 1. The van der Waals surface area contributed by atoms with E-state index in [0.717, 1.165) is 6.07 Å². The lowest BCUT2D eigenvalue weighted by atomic mass is 9.92. The Morgan fingerprint density at radius 2 is 1.35 bits per heavy atom. The molecule has 0 bridgehead atoms. The van der Waals surface area contributed by atoms with Crippen LogP contribution in [0.15, 0.2) is 12.1 Å². The van der Waals surface area contributed by atoms with Gasteiger partial charge in [0.15, 0.2) is 5.92 Å². The van der Waals surface area contributed by atoms with Crippen molar-refractivity contribution in [3.05, 3.63) is 33.8 Å². The van der Waals surface area contributed by atoms with E-state index in [1.54, 1.807) is 6.92 Å². The van der Waals surface area contributed by atoms with Crippen LogP contribution in [0.1, 0.15) is 22.8 Å². The van der Waals surface area contributed by atoms with Crippen LogP contribution >= 0.6 is 11.6 Å². The number of aliphatic hydroxyl groups is 1. The van der Waals surface area contributed by atoms with Crippen molar-refractivity contribution in [2.24, 2.45) is 5.92 Å². The van der Waals surface area contributed by atoms with E-state index >= 15 is 0 Å². The second-order valence-electron chi connectivity index (χ2n) is 4.46. The zero-order valence-corrected chi connectivity index (χ0v) is 11.2. The highest BCUT2D eigenvalue weighted by atomic mass is 35.5. The summed E-state index contributed by atoms with van der Waals surface area (Å²) in [6.07, 6.45) is -14.1. The molecule has 0 saturated heterocycles. The van der Waals surface area contributed by atoms with Crippen LogP contribution in [-0.2, 0) is 0 Å². The lowest BCUT2D eigenvalue weighted by molar-refractivity contribution is -0.307. The van der Waals surface area contributed by atoms with Crippen molar-refractivity contribution in [1.82, 2.24) is 0 Å². The largest absolute Gasteiger partial charge is 0.403 e. The Morgan fingerprint density at radius 1 is 0.950 bits per heavy atom. The van der Waals surface area contributed by atoms with Gasteiger partial charge in [0, 0.05) is 10.6 Å². The van der Waals surface area contributed by atoms with Gasteiger partial charge in [0.2, 0.25) is 0 Å². The quantitative estimate of drug-likeness (QED) is 0.781. The predicted molar refractivity (Wildman–Crippen MR) is 61.5 cm³/mol. The second kappa shape index (κ2) is 5.44. The van der Waals surface area contributed by atoms with Gasteiger partial charge in [-0.25, -0.2) is 0 Å². The van der Waals surface area contributed by atoms with Gasteiger partial charge in [0.05, 0.1) is 0 Å². The molecule has 0 aliphatic rings. The molecule has 1 unspecified atom stereocenters. The molecule has 8 heteroatoms. The monoisotopic (exact) mass is 320 g/mol. The number of aryl methyl sites for hydroxylation is 2. The fourth-order valence-corrected chi connectivity index (χ4v) is 2.08. The molecule has 114 valence electrons. The van der Waals surface area contributed by atoms with Crippen molar-refractivity contribution < 1.29 is 31.4 Å². The first-order chi connectivity index (χ1) is 8.85. The number of hydrogen-bond donors (Lipinski definition) is 1. The first-order valence-electron chi connectivity index (χ1n) is 5.44. The van der Waals surface area contributed by atoms with E-state index in [-0.39, 0.29) is 5.02 Å². The van der Waals surface area contributed by atoms with Gasteiger partial charge in [-0.3, -0.25) is 0 Å². The third kappa shape index (κ3) is 3.58. The zero-order chi connectivity index (χ0) is 15.9.